The topological polar surface area (TPSA) is 120 Å². The SMILES string of the molecule is CC(C)n1cc(C(=O)c2cccc(NS(=O)(=O)c3ccc(F)cc3Cl)c2Cl)c2c(N)ncnc21. The summed E-state index contributed by atoms with van der Waals surface area (Å²) in [6.45, 7) is 3.85. The van der Waals surface area contributed by atoms with Gasteiger partial charge in [-0.2, -0.15) is 0 Å². The number of fused-ring (bicyclic) bond motifs is 1. The van der Waals surface area contributed by atoms with Gasteiger partial charge in [0, 0.05) is 17.8 Å². The van der Waals surface area contributed by atoms with Crippen molar-refractivity contribution in [1.82, 2.24) is 14.5 Å². The Labute approximate surface area is 204 Å². The fourth-order valence-corrected chi connectivity index (χ4v) is 5.42. The van der Waals surface area contributed by atoms with E-state index in [1.165, 1.54) is 24.5 Å². The number of nitrogens with one attached hydrogen (secondary N) is 1. The van der Waals surface area contributed by atoms with Crippen LogP contribution in [0.15, 0.2) is 53.8 Å². The molecule has 0 fully saturated rings. The highest BCUT2D eigenvalue weighted by molar-refractivity contribution is 7.92. The van der Waals surface area contributed by atoms with Crippen LogP contribution in [-0.2, 0) is 10.0 Å². The average molecular weight is 522 g/mol. The lowest BCUT2D eigenvalue weighted by Crippen LogP contribution is -2.15. The van der Waals surface area contributed by atoms with Crippen LogP contribution in [0.3, 0.4) is 0 Å². The Kier molecular flexibility index (Phi) is 6.24. The number of halogens is 3. The molecule has 0 aliphatic carbocycles. The van der Waals surface area contributed by atoms with Crippen LogP contribution in [0.25, 0.3) is 11.0 Å². The number of nitrogens with zero attached hydrogens (tertiary/aromatic N) is 3. The van der Waals surface area contributed by atoms with Gasteiger partial charge in [0.25, 0.3) is 10.0 Å². The first kappa shape index (κ1) is 23.9. The molecule has 0 aliphatic heterocycles. The highest BCUT2D eigenvalue weighted by Crippen LogP contribution is 2.34. The number of benzene rings is 2. The monoisotopic (exact) mass is 521 g/mol. The maximum Gasteiger partial charge on any atom is 0.263 e. The quantitative estimate of drug-likeness (QED) is 0.341. The molecule has 176 valence electrons. The third-order valence-corrected chi connectivity index (χ3v) is 7.37. The van der Waals surface area contributed by atoms with Crippen molar-refractivity contribution in [3.05, 3.63) is 75.9 Å². The number of nitrogen functional groups attached to an aromatic ring is 1. The average Bonchev–Trinajstić information content (AvgIpc) is 3.16. The predicted octanol–water partition coefficient (Wildman–Crippen LogP) is 5.07. The molecule has 3 N–H and O–H groups in total. The standard InChI is InChI=1S/C22H18Cl2FN5O3S/c1-11(2)30-9-14(18-21(26)27-10-28-22(18)30)20(31)13-4-3-5-16(19(13)24)29-34(32,33)17-7-6-12(25)8-15(17)23/h3-11,29H,1-2H3,(H2,26,27,28). The maximum absolute atomic E-state index is 13.5. The van der Waals surface area contributed by atoms with E-state index in [1.54, 1.807) is 10.8 Å². The van der Waals surface area contributed by atoms with Crippen LogP contribution < -0.4 is 10.5 Å². The fourth-order valence-electron chi connectivity index (χ4n) is 3.50. The van der Waals surface area contributed by atoms with Crippen LogP contribution in [0.4, 0.5) is 15.9 Å². The van der Waals surface area contributed by atoms with E-state index in [1.807, 2.05) is 13.8 Å². The summed E-state index contributed by atoms with van der Waals surface area (Å²) in [6, 6.07) is 7.20. The van der Waals surface area contributed by atoms with E-state index >= 15 is 0 Å². The maximum atomic E-state index is 13.5. The minimum Gasteiger partial charge on any atom is -0.383 e. The van der Waals surface area contributed by atoms with Crippen molar-refractivity contribution >= 4 is 61.5 Å². The van der Waals surface area contributed by atoms with Crippen molar-refractivity contribution in [3.8, 4) is 0 Å². The lowest BCUT2D eigenvalue weighted by Gasteiger charge is -2.13. The molecule has 2 heterocycles. The third-order valence-electron chi connectivity index (χ3n) is 5.11. The zero-order valence-electron chi connectivity index (χ0n) is 17.9. The molecule has 0 atom stereocenters. The van der Waals surface area contributed by atoms with Gasteiger partial charge < -0.3 is 10.3 Å². The summed E-state index contributed by atoms with van der Waals surface area (Å²) >= 11 is 12.4. The number of hydrogen-bond donors (Lipinski definition) is 2. The van der Waals surface area contributed by atoms with Crippen molar-refractivity contribution < 1.29 is 17.6 Å². The number of rotatable bonds is 6. The number of ketones is 1. The van der Waals surface area contributed by atoms with E-state index < -0.39 is 21.6 Å². The Morgan fingerprint density at radius 1 is 1.15 bits per heavy atom. The highest BCUT2D eigenvalue weighted by Gasteiger charge is 2.25. The molecular formula is C22H18Cl2FN5O3S. The van der Waals surface area contributed by atoms with Gasteiger partial charge in [0.1, 0.15) is 28.5 Å². The van der Waals surface area contributed by atoms with Crippen LogP contribution in [0.1, 0.15) is 35.8 Å². The van der Waals surface area contributed by atoms with E-state index in [-0.39, 0.29) is 43.6 Å². The molecule has 0 unspecified atom stereocenters. The van der Waals surface area contributed by atoms with Crippen LogP contribution >= 0.6 is 23.2 Å². The predicted molar refractivity (Wildman–Crippen MR) is 129 cm³/mol. The van der Waals surface area contributed by atoms with Gasteiger partial charge in [-0.1, -0.05) is 29.3 Å². The van der Waals surface area contributed by atoms with Gasteiger partial charge in [-0.3, -0.25) is 9.52 Å². The number of nitrogens with two attached hydrogens (primary N) is 1. The van der Waals surface area contributed by atoms with E-state index in [0.29, 0.717) is 11.0 Å². The van der Waals surface area contributed by atoms with Gasteiger partial charge in [0.2, 0.25) is 0 Å². The normalized spacial score (nSPS) is 11.8. The van der Waals surface area contributed by atoms with E-state index in [0.717, 1.165) is 18.2 Å². The van der Waals surface area contributed by atoms with E-state index in [9.17, 15) is 17.6 Å². The van der Waals surface area contributed by atoms with Gasteiger partial charge in [0.05, 0.1) is 26.7 Å². The minimum atomic E-state index is -4.23. The van der Waals surface area contributed by atoms with E-state index in [4.69, 9.17) is 28.9 Å². The Morgan fingerprint density at radius 3 is 2.56 bits per heavy atom. The molecule has 0 aliphatic rings. The molecule has 0 bridgehead atoms. The molecule has 34 heavy (non-hydrogen) atoms. The first-order valence-electron chi connectivity index (χ1n) is 9.93. The number of anilines is 2. The summed E-state index contributed by atoms with van der Waals surface area (Å²) in [6.07, 6.45) is 2.93. The van der Waals surface area contributed by atoms with E-state index in [2.05, 4.69) is 14.7 Å². The first-order valence-corrected chi connectivity index (χ1v) is 12.2. The molecule has 0 amide bonds. The Balaban J connectivity index is 1.78. The Hall–Kier alpha value is -3.21. The van der Waals surface area contributed by atoms with Gasteiger partial charge in [-0.05, 0) is 44.2 Å². The second-order valence-corrected chi connectivity index (χ2v) is 10.1. The van der Waals surface area contributed by atoms with Crippen LogP contribution in [0.2, 0.25) is 10.0 Å². The minimum absolute atomic E-state index is 0.0209. The zero-order valence-corrected chi connectivity index (χ0v) is 20.2. The highest BCUT2D eigenvalue weighted by atomic mass is 35.5. The zero-order chi connectivity index (χ0) is 24.8. The molecular weight excluding hydrogens is 504 g/mol. The molecule has 0 spiro atoms. The number of aromatic nitrogens is 3. The lowest BCUT2D eigenvalue weighted by molar-refractivity contribution is 0.104. The largest absolute Gasteiger partial charge is 0.383 e. The Bertz CT molecular complexity index is 1550. The summed E-state index contributed by atoms with van der Waals surface area (Å²) in [7, 11) is -4.23. The van der Waals surface area contributed by atoms with Gasteiger partial charge in [-0.25, -0.2) is 22.8 Å². The van der Waals surface area contributed by atoms with Crippen LogP contribution in [-0.4, -0.2) is 28.7 Å². The number of carbonyl (C=O) groups excluding carboxylic acids is 1. The summed E-state index contributed by atoms with van der Waals surface area (Å²) in [5, 5.41) is -0.0515. The summed E-state index contributed by atoms with van der Waals surface area (Å²) in [5.41, 5.74) is 6.75. The van der Waals surface area contributed by atoms with Crippen molar-refractivity contribution in [2.75, 3.05) is 10.5 Å². The molecule has 4 rings (SSSR count). The smallest absolute Gasteiger partial charge is 0.263 e. The first-order chi connectivity index (χ1) is 16.0. The summed E-state index contributed by atoms with van der Waals surface area (Å²) in [5.74, 6) is -1.04. The summed E-state index contributed by atoms with van der Waals surface area (Å²) < 4.78 is 43.1. The second kappa shape index (κ2) is 8.86. The molecule has 0 saturated carbocycles. The molecule has 2 aromatic carbocycles. The van der Waals surface area contributed by atoms with Gasteiger partial charge in [-0.15, -0.1) is 0 Å². The summed E-state index contributed by atoms with van der Waals surface area (Å²) in [4.78, 5) is 21.4. The molecule has 2 aromatic heterocycles. The molecule has 0 radical (unpaired) electrons. The molecule has 0 saturated heterocycles. The number of sulfonamides is 1. The second-order valence-electron chi connectivity index (χ2n) is 7.68. The number of carbonyl (C=O) groups is 1. The van der Waals surface area contributed by atoms with Crippen molar-refractivity contribution in [2.24, 2.45) is 0 Å². The molecule has 4 aromatic rings. The Morgan fingerprint density at radius 2 is 1.88 bits per heavy atom. The van der Waals surface area contributed by atoms with Crippen molar-refractivity contribution in [3.63, 3.8) is 0 Å². The van der Waals surface area contributed by atoms with Gasteiger partial charge >= 0.3 is 0 Å². The lowest BCUT2D eigenvalue weighted by atomic mass is 10.0. The van der Waals surface area contributed by atoms with Crippen molar-refractivity contribution in [2.45, 2.75) is 24.8 Å². The molecule has 8 nitrogen and oxygen atoms in total. The van der Waals surface area contributed by atoms with Crippen LogP contribution in [0.5, 0.6) is 0 Å². The number of hydrogen-bond acceptors (Lipinski definition) is 6. The third kappa shape index (κ3) is 4.20. The fraction of sp³-hybridized carbons (Fsp3) is 0.136. The van der Waals surface area contributed by atoms with Crippen LogP contribution in [0, 0.1) is 5.82 Å². The van der Waals surface area contributed by atoms with Crippen molar-refractivity contribution in [1.29, 1.82) is 0 Å². The van der Waals surface area contributed by atoms with Gasteiger partial charge in [0.15, 0.2) is 5.78 Å². The molecule has 12 heteroatoms.